The summed E-state index contributed by atoms with van der Waals surface area (Å²) in [5.41, 5.74) is 0.733. The molecule has 0 bridgehead atoms. The second-order valence-corrected chi connectivity index (χ2v) is 6.64. The fourth-order valence-corrected chi connectivity index (χ4v) is 2.90. The predicted molar refractivity (Wildman–Crippen MR) is 77.6 cm³/mol. The molecule has 20 heavy (non-hydrogen) atoms. The maximum atomic E-state index is 10.5. The molecule has 0 saturated heterocycles. The second-order valence-electron chi connectivity index (χ2n) is 5.86. The number of nitrogens with zero attached hydrogens (tertiary/aromatic N) is 5. The van der Waals surface area contributed by atoms with Gasteiger partial charge in [0.2, 0.25) is 0 Å². The fraction of sp³-hybridized carbons (Fsp3) is 0.692. The van der Waals surface area contributed by atoms with Crippen molar-refractivity contribution in [3.05, 3.63) is 22.7 Å². The molecule has 0 amide bonds. The van der Waals surface area contributed by atoms with E-state index in [1.807, 2.05) is 4.68 Å². The maximum Gasteiger partial charge on any atom is 0.138 e. The van der Waals surface area contributed by atoms with Crippen LogP contribution < -0.4 is 0 Å². The molecule has 2 rings (SSSR count). The van der Waals surface area contributed by atoms with Gasteiger partial charge in [0.1, 0.15) is 12.2 Å². The summed E-state index contributed by atoms with van der Waals surface area (Å²) in [6.07, 6.45) is 2.33. The summed E-state index contributed by atoms with van der Waals surface area (Å²) in [6, 6.07) is 0. The normalized spacial score (nSPS) is 13.7. The van der Waals surface area contributed by atoms with Gasteiger partial charge in [-0.2, -0.15) is 5.10 Å². The molecule has 110 valence electrons. The zero-order valence-electron chi connectivity index (χ0n) is 12.4. The quantitative estimate of drug-likeness (QED) is 0.914. The Bertz CT molecular complexity index is 557. The molecule has 2 heterocycles. The van der Waals surface area contributed by atoms with Crippen LogP contribution in [-0.2, 0) is 18.4 Å². The summed E-state index contributed by atoms with van der Waals surface area (Å²) in [5, 5.41) is 18.8. The highest BCUT2D eigenvalue weighted by Gasteiger charge is 2.27. The lowest BCUT2D eigenvalue weighted by molar-refractivity contribution is 0.175. The van der Waals surface area contributed by atoms with Gasteiger partial charge in [0.15, 0.2) is 0 Å². The van der Waals surface area contributed by atoms with Crippen molar-refractivity contribution in [3.63, 3.8) is 0 Å². The molecule has 2 aromatic heterocycles. The monoisotopic (exact) mass is 295 g/mol. The van der Waals surface area contributed by atoms with Crippen LogP contribution >= 0.6 is 11.5 Å². The van der Waals surface area contributed by atoms with Crippen molar-refractivity contribution in [3.8, 4) is 0 Å². The first kappa shape index (κ1) is 15.1. The highest BCUT2D eigenvalue weighted by Crippen LogP contribution is 2.31. The fourth-order valence-electron chi connectivity index (χ4n) is 2.05. The van der Waals surface area contributed by atoms with Crippen molar-refractivity contribution in [1.29, 1.82) is 0 Å². The van der Waals surface area contributed by atoms with Gasteiger partial charge >= 0.3 is 0 Å². The first-order valence-corrected chi connectivity index (χ1v) is 7.58. The Labute approximate surface area is 123 Å². The van der Waals surface area contributed by atoms with Gasteiger partial charge in [-0.1, -0.05) is 32.2 Å². The Balaban J connectivity index is 2.18. The summed E-state index contributed by atoms with van der Waals surface area (Å²) in [6.45, 7) is 9.11. The first-order valence-electron chi connectivity index (χ1n) is 6.81. The van der Waals surface area contributed by atoms with E-state index in [4.69, 9.17) is 0 Å². The largest absolute Gasteiger partial charge is 0.387 e. The molecule has 0 aliphatic rings. The molecule has 0 radical (unpaired) electrons. The number of hydrogen-bond donors (Lipinski definition) is 1. The van der Waals surface area contributed by atoms with Crippen molar-refractivity contribution in [2.75, 3.05) is 0 Å². The molecule has 2 aromatic rings. The third-order valence-electron chi connectivity index (χ3n) is 3.03. The van der Waals surface area contributed by atoms with E-state index in [0.29, 0.717) is 6.42 Å². The van der Waals surface area contributed by atoms with Gasteiger partial charge in [0.25, 0.3) is 0 Å². The Morgan fingerprint density at radius 3 is 2.80 bits per heavy atom. The standard InChI is InChI=1S/C13H21N5OS/c1-5-6-18-10(14-8-15-18)7-9(19)11-12(13(2,3)4)16-17-20-11/h8-9,19H,5-7H2,1-4H3. The highest BCUT2D eigenvalue weighted by atomic mass is 32.1. The van der Waals surface area contributed by atoms with Gasteiger partial charge < -0.3 is 5.11 Å². The third kappa shape index (κ3) is 3.21. The number of aryl methyl sites for hydroxylation is 1. The Kier molecular flexibility index (Phi) is 4.49. The van der Waals surface area contributed by atoms with E-state index in [-0.39, 0.29) is 5.41 Å². The third-order valence-corrected chi connectivity index (χ3v) is 3.86. The molecule has 0 aliphatic heterocycles. The van der Waals surface area contributed by atoms with Gasteiger partial charge in [-0.15, -0.1) is 5.10 Å². The smallest absolute Gasteiger partial charge is 0.138 e. The van der Waals surface area contributed by atoms with Gasteiger partial charge in [-0.05, 0) is 18.0 Å². The van der Waals surface area contributed by atoms with Crippen molar-refractivity contribution >= 4 is 11.5 Å². The number of aliphatic hydroxyl groups excluding tert-OH is 1. The minimum absolute atomic E-state index is 0.125. The topological polar surface area (TPSA) is 76.7 Å². The molecule has 0 saturated carbocycles. The summed E-state index contributed by atoms with van der Waals surface area (Å²) in [4.78, 5) is 5.05. The van der Waals surface area contributed by atoms with Crippen LogP contribution in [0.3, 0.4) is 0 Å². The lowest BCUT2D eigenvalue weighted by atomic mass is 9.90. The van der Waals surface area contributed by atoms with Crippen molar-refractivity contribution in [1.82, 2.24) is 24.4 Å². The van der Waals surface area contributed by atoms with Crippen LogP contribution in [0.25, 0.3) is 0 Å². The second kappa shape index (κ2) is 5.97. The van der Waals surface area contributed by atoms with Gasteiger partial charge in [-0.3, -0.25) is 4.68 Å². The molecule has 0 aliphatic carbocycles. The minimum atomic E-state index is -0.635. The molecule has 0 fully saturated rings. The van der Waals surface area contributed by atoms with Gasteiger partial charge in [-0.25, -0.2) is 4.98 Å². The molecule has 1 atom stereocenters. The van der Waals surface area contributed by atoms with E-state index in [0.717, 1.165) is 29.4 Å². The summed E-state index contributed by atoms with van der Waals surface area (Å²) in [7, 11) is 0. The van der Waals surface area contributed by atoms with Crippen molar-refractivity contribution in [2.24, 2.45) is 0 Å². The van der Waals surface area contributed by atoms with E-state index in [9.17, 15) is 5.11 Å². The molecule has 7 heteroatoms. The average Bonchev–Trinajstić information content (AvgIpc) is 2.98. The summed E-state index contributed by atoms with van der Waals surface area (Å²) in [5.74, 6) is 0.799. The number of aliphatic hydroxyl groups is 1. The van der Waals surface area contributed by atoms with Gasteiger partial charge in [0.05, 0.1) is 16.7 Å². The molecular weight excluding hydrogens is 274 g/mol. The van der Waals surface area contributed by atoms with Crippen molar-refractivity contribution in [2.45, 2.75) is 58.6 Å². The predicted octanol–water partition coefficient (Wildman–Crippen LogP) is 2.11. The molecule has 1 unspecified atom stereocenters. The SMILES string of the molecule is CCCn1ncnc1CC(O)c1snnc1C(C)(C)C. The van der Waals surface area contributed by atoms with E-state index in [1.54, 1.807) is 0 Å². The van der Waals surface area contributed by atoms with E-state index >= 15 is 0 Å². The van der Waals surface area contributed by atoms with Crippen molar-refractivity contribution < 1.29 is 5.11 Å². The molecule has 6 nitrogen and oxygen atoms in total. The first-order chi connectivity index (χ1) is 9.43. The maximum absolute atomic E-state index is 10.5. The lowest BCUT2D eigenvalue weighted by Gasteiger charge is -2.18. The van der Waals surface area contributed by atoms with Crippen LogP contribution in [-0.4, -0.2) is 29.5 Å². The summed E-state index contributed by atoms with van der Waals surface area (Å²) < 4.78 is 5.83. The minimum Gasteiger partial charge on any atom is -0.387 e. The molecular formula is C13H21N5OS. The van der Waals surface area contributed by atoms with Crippen LogP contribution in [0, 0.1) is 0 Å². The van der Waals surface area contributed by atoms with E-state index < -0.39 is 6.10 Å². The molecule has 0 spiro atoms. The van der Waals surface area contributed by atoms with Gasteiger partial charge in [0, 0.05) is 18.4 Å². The molecule has 0 aromatic carbocycles. The Morgan fingerprint density at radius 1 is 1.40 bits per heavy atom. The molecule has 1 N–H and O–H groups in total. The van der Waals surface area contributed by atoms with E-state index in [2.05, 4.69) is 47.4 Å². The number of rotatable bonds is 5. The Hall–Kier alpha value is -1.34. The number of aromatic nitrogens is 5. The zero-order chi connectivity index (χ0) is 14.8. The van der Waals surface area contributed by atoms with Crippen LogP contribution in [0.15, 0.2) is 6.33 Å². The van der Waals surface area contributed by atoms with Crippen LogP contribution in [0.5, 0.6) is 0 Å². The zero-order valence-corrected chi connectivity index (χ0v) is 13.2. The van der Waals surface area contributed by atoms with Crippen LogP contribution in [0.2, 0.25) is 0 Å². The lowest BCUT2D eigenvalue weighted by Crippen LogP contribution is -2.17. The summed E-state index contributed by atoms with van der Waals surface area (Å²) >= 11 is 1.26. The number of hydrogen-bond acceptors (Lipinski definition) is 6. The average molecular weight is 295 g/mol. The van der Waals surface area contributed by atoms with Crippen LogP contribution in [0.1, 0.15) is 56.6 Å². The Morgan fingerprint density at radius 2 is 2.15 bits per heavy atom. The highest BCUT2D eigenvalue weighted by molar-refractivity contribution is 7.05. The van der Waals surface area contributed by atoms with Crippen LogP contribution in [0.4, 0.5) is 0 Å². The van der Waals surface area contributed by atoms with E-state index in [1.165, 1.54) is 17.9 Å².